The summed E-state index contributed by atoms with van der Waals surface area (Å²) in [7, 11) is 0. The van der Waals surface area contributed by atoms with E-state index in [4.69, 9.17) is 16.2 Å². The van der Waals surface area contributed by atoms with E-state index in [1.54, 1.807) is 31.2 Å². The number of halogens is 1. The minimum absolute atomic E-state index is 0. The van der Waals surface area contributed by atoms with Crippen molar-refractivity contribution in [2.24, 2.45) is 17.4 Å². The number of hydrogen-bond donors (Lipinski definition) is 3. The van der Waals surface area contributed by atoms with Crippen molar-refractivity contribution in [1.82, 2.24) is 0 Å². The fourth-order valence-corrected chi connectivity index (χ4v) is 2.29. The van der Waals surface area contributed by atoms with Crippen molar-refractivity contribution in [2.75, 3.05) is 11.9 Å². The Morgan fingerprint density at radius 2 is 1.69 bits per heavy atom. The van der Waals surface area contributed by atoms with Gasteiger partial charge in [-0.3, -0.25) is 9.59 Å². The highest BCUT2D eigenvalue weighted by Crippen LogP contribution is 2.22. The van der Waals surface area contributed by atoms with E-state index in [1.807, 2.05) is 30.3 Å². The number of rotatable bonds is 8. The Labute approximate surface area is 159 Å². The summed E-state index contributed by atoms with van der Waals surface area (Å²) < 4.78 is 5.39. The Morgan fingerprint density at radius 1 is 1.08 bits per heavy atom. The minimum atomic E-state index is -0.410. The lowest BCUT2D eigenvalue weighted by Gasteiger charge is -2.20. The number of nitrogens with two attached hydrogens (primary N) is 2. The van der Waals surface area contributed by atoms with Crippen LogP contribution in [0.25, 0.3) is 0 Å². The van der Waals surface area contributed by atoms with E-state index >= 15 is 0 Å². The Bertz CT molecular complexity index is 708. The van der Waals surface area contributed by atoms with Gasteiger partial charge in [0.2, 0.25) is 11.8 Å². The molecule has 0 spiro atoms. The summed E-state index contributed by atoms with van der Waals surface area (Å²) in [6.07, 6.45) is 0.160. The number of hydrogen-bond acceptors (Lipinski definition) is 4. The van der Waals surface area contributed by atoms with E-state index in [1.165, 1.54) is 0 Å². The third kappa shape index (κ3) is 6.38. The van der Waals surface area contributed by atoms with E-state index in [-0.39, 0.29) is 43.3 Å². The molecule has 0 radical (unpaired) electrons. The van der Waals surface area contributed by atoms with E-state index in [9.17, 15) is 9.59 Å². The van der Waals surface area contributed by atoms with Gasteiger partial charge in [-0.05, 0) is 29.8 Å². The average molecular weight is 378 g/mol. The molecule has 0 aliphatic heterocycles. The molecule has 2 rings (SSSR count). The zero-order chi connectivity index (χ0) is 18.2. The summed E-state index contributed by atoms with van der Waals surface area (Å²) in [6.45, 7) is 2.03. The van der Waals surface area contributed by atoms with Crippen molar-refractivity contribution in [3.8, 4) is 5.75 Å². The summed E-state index contributed by atoms with van der Waals surface area (Å²) >= 11 is 0. The van der Waals surface area contributed by atoms with Crippen molar-refractivity contribution < 1.29 is 14.3 Å². The fourth-order valence-electron chi connectivity index (χ4n) is 2.29. The molecule has 5 N–H and O–H groups in total. The van der Waals surface area contributed by atoms with Crippen LogP contribution in [-0.4, -0.2) is 18.4 Å². The number of primary amides is 1. The van der Waals surface area contributed by atoms with Crippen LogP contribution < -0.4 is 21.5 Å². The van der Waals surface area contributed by atoms with Crippen LogP contribution in [0.1, 0.15) is 24.9 Å². The van der Waals surface area contributed by atoms with Crippen LogP contribution in [0.4, 0.5) is 5.69 Å². The van der Waals surface area contributed by atoms with Crippen molar-refractivity contribution >= 4 is 29.9 Å². The molecule has 2 aromatic rings. The van der Waals surface area contributed by atoms with Gasteiger partial charge in [-0.25, -0.2) is 0 Å². The predicted molar refractivity (Wildman–Crippen MR) is 104 cm³/mol. The van der Waals surface area contributed by atoms with E-state index < -0.39 is 5.91 Å². The molecule has 0 aromatic heterocycles. The number of ether oxygens (including phenoxy) is 1. The molecular weight excluding hydrogens is 354 g/mol. The third-order valence-electron chi connectivity index (χ3n) is 3.88. The maximum Gasteiger partial charge on any atom is 0.229 e. The lowest BCUT2D eigenvalue weighted by Crippen LogP contribution is -2.30. The van der Waals surface area contributed by atoms with E-state index in [0.29, 0.717) is 11.4 Å². The lowest BCUT2D eigenvalue weighted by molar-refractivity contribution is -0.120. The van der Waals surface area contributed by atoms with Crippen LogP contribution in [0.5, 0.6) is 5.75 Å². The second-order valence-corrected chi connectivity index (χ2v) is 5.80. The number of benzene rings is 2. The normalized spacial score (nSPS) is 12.4. The van der Waals surface area contributed by atoms with Gasteiger partial charge in [0.25, 0.3) is 0 Å². The summed E-state index contributed by atoms with van der Waals surface area (Å²) in [6, 6.07) is 16.1. The van der Waals surface area contributed by atoms with E-state index in [0.717, 1.165) is 5.56 Å². The van der Waals surface area contributed by atoms with Gasteiger partial charge in [0.15, 0.2) is 0 Å². The van der Waals surface area contributed by atoms with Crippen molar-refractivity contribution in [3.63, 3.8) is 0 Å². The quantitative estimate of drug-likeness (QED) is 0.657. The van der Waals surface area contributed by atoms with Gasteiger partial charge < -0.3 is 21.5 Å². The van der Waals surface area contributed by atoms with Gasteiger partial charge in [-0.15, -0.1) is 12.4 Å². The molecule has 26 heavy (non-hydrogen) atoms. The minimum Gasteiger partial charge on any atom is -0.493 e. The van der Waals surface area contributed by atoms with Gasteiger partial charge >= 0.3 is 0 Å². The summed E-state index contributed by atoms with van der Waals surface area (Å²) in [5.41, 5.74) is 12.8. The maximum absolute atomic E-state index is 12.4. The molecule has 0 saturated heterocycles. The largest absolute Gasteiger partial charge is 0.493 e. The molecule has 0 aliphatic rings. The Morgan fingerprint density at radius 3 is 2.27 bits per heavy atom. The molecule has 0 aliphatic carbocycles. The van der Waals surface area contributed by atoms with Crippen molar-refractivity contribution in [3.05, 3.63) is 60.2 Å². The van der Waals surface area contributed by atoms with Crippen LogP contribution in [-0.2, 0) is 9.59 Å². The van der Waals surface area contributed by atoms with Gasteiger partial charge in [0.05, 0.1) is 18.9 Å². The zero-order valence-electron chi connectivity index (χ0n) is 14.6. The number of carbonyl (C=O) groups excluding carboxylic acids is 2. The number of anilines is 1. The van der Waals surface area contributed by atoms with Crippen LogP contribution >= 0.6 is 12.4 Å². The van der Waals surface area contributed by atoms with Gasteiger partial charge in [-0.2, -0.15) is 0 Å². The van der Waals surface area contributed by atoms with Crippen LogP contribution in [0, 0.1) is 5.92 Å². The average Bonchev–Trinajstić information content (AvgIpc) is 2.62. The van der Waals surface area contributed by atoms with E-state index in [2.05, 4.69) is 5.32 Å². The predicted octanol–water partition coefficient (Wildman–Crippen LogP) is 2.64. The fraction of sp³-hybridized carbons (Fsp3) is 0.263. The maximum atomic E-state index is 12.4. The van der Waals surface area contributed by atoms with Crippen LogP contribution in [0.2, 0.25) is 0 Å². The number of nitrogens with one attached hydrogen (secondary N) is 1. The molecule has 6 nitrogen and oxygen atoms in total. The van der Waals surface area contributed by atoms with Gasteiger partial charge in [-0.1, -0.05) is 37.3 Å². The first-order valence-corrected chi connectivity index (χ1v) is 8.10. The topological polar surface area (TPSA) is 107 Å². The Hall–Kier alpha value is -2.57. The number of amides is 2. The summed E-state index contributed by atoms with van der Waals surface area (Å²) in [4.78, 5) is 23.1. The highest BCUT2D eigenvalue weighted by molar-refractivity contribution is 5.92. The molecule has 0 heterocycles. The first kappa shape index (κ1) is 21.5. The molecule has 140 valence electrons. The zero-order valence-corrected chi connectivity index (χ0v) is 15.4. The molecule has 2 aromatic carbocycles. The second kappa shape index (κ2) is 10.4. The lowest BCUT2D eigenvalue weighted by atomic mass is 9.94. The smallest absolute Gasteiger partial charge is 0.229 e. The van der Waals surface area contributed by atoms with Gasteiger partial charge in [0, 0.05) is 11.7 Å². The molecule has 0 saturated carbocycles. The molecule has 0 bridgehead atoms. The summed E-state index contributed by atoms with van der Waals surface area (Å²) in [5.74, 6) is -0.339. The molecule has 0 fully saturated rings. The molecule has 2 atom stereocenters. The Kier molecular flexibility index (Phi) is 8.61. The highest BCUT2D eigenvalue weighted by atomic mass is 35.5. The standard InChI is InChI=1S/C19H23N3O3.ClH/c1-13(18(21)14-5-3-2-4-6-14)19(24)22-15-7-9-16(10-8-15)25-12-11-17(20)23;/h2-10,13,18H,11-12,21H2,1H3,(H2,20,23)(H,22,24);1H. The molecular formula is C19H24ClN3O3. The highest BCUT2D eigenvalue weighted by Gasteiger charge is 2.22. The van der Waals surface area contributed by atoms with Crippen LogP contribution in [0.3, 0.4) is 0 Å². The van der Waals surface area contributed by atoms with Crippen molar-refractivity contribution in [1.29, 1.82) is 0 Å². The molecule has 2 unspecified atom stereocenters. The van der Waals surface area contributed by atoms with Gasteiger partial charge in [0.1, 0.15) is 5.75 Å². The Balaban J connectivity index is 0.00000338. The van der Waals surface area contributed by atoms with Crippen molar-refractivity contribution in [2.45, 2.75) is 19.4 Å². The molecule has 2 amide bonds. The SMILES string of the molecule is CC(C(=O)Nc1ccc(OCCC(N)=O)cc1)C(N)c1ccccc1.Cl. The third-order valence-corrected chi connectivity index (χ3v) is 3.88. The summed E-state index contributed by atoms with van der Waals surface area (Å²) in [5, 5.41) is 2.85. The molecule has 7 heteroatoms. The first-order valence-electron chi connectivity index (χ1n) is 8.10. The van der Waals surface area contributed by atoms with Crippen LogP contribution in [0.15, 0.2) is 54.6 Å². The monoisotopic (exact) mass is 377 g/mol. The first-order chi connectivity index (χ1) is 12.0. The second-order valence-electron chi connectivity index (χ2n) is 5.80. The number of carbonyl (C=O) groups is 2.